The Bertz CT molecular complexity index is 518. The van der Waals surface area contributed by atoms with Gasteiger partial charge in [-0.25, -0.2) is 0 Å². The maximum Gasteiger partial charge on any atom is 0.239 e. The number of nitrogens with one attached hydrogen (secondary N) is 2. The molecule has 1 aliphatic heterocycles. The summed E-state index contributed by atoms with van der Waals surface area (Å²) in [6, 6.07) is 5.28. The lowest BCUT2D eigenvalue weighted by Gasteiger charge is -2.15. The molecule has 20 heavy (non-hydrogen) atoms. The van der Waals surface area contributed by atoms with E-state index in [0.717, 1.165) is 5.56 Å². The maximum absolute atomic E-state index is 11.7. The molecule has 1 heterocycles. The Morgan fingerprint density at radius 3 is 2.80 bits per heavy atom. The molecule has 108 valence electrons. The molecular weight excluding hydrogens is 262 g/mol. The van der Waals surface area contributed by atoms with Crippen molar-refractivity contribution in [2.24, 2.45) is 5.73 Å². The molecule has 0 aromatic heterocycles. The van der Waals surface area contributed by atoms with Gasteiger partial charge in [0.05, 0.1) is 19.1 Å². The number of ether oxygens (including phenoxy) is 2. The molecule has 0 saturated heterocycles. The zero-order valence-electron chi connectivity index (χ0n) is 11.1. The molecule has 7 heteroatoms. The highest BCUT2D eigenvalue weighted by molar-refractivity contribution is 5.85. The lowest BCUT2D eigenvalue weighted by Crippen LogP contribution is -2.40. The fourth-order valence-electron chi connectivity index (χ4n) is 1.81. The molecule has 0 aliphatic carbocycles. The van der Waals surface area contributed by atoms with Crippen LogP contribution in [0.15, 0.2) is 18.2 Å². The summed E-state index contributed by atoms with van der Waals surface area (Å²) < 4.78 is 10.5. The Labute approximate surface area is 116 Å². The van der Waals surface area contributed by atoms with Crippen molar-refractivity contribution in [1.82, 2.24) is 10.6 Å². The number of carbonyl (C=O) groups is 2. The van der Waals surface area contributed by atoms with Crippen LogP contribution in [-0.4, -0.2) is 31.7 Å². The predicted molar refractivity (Wildman–Crippen MR) is 71.2 cm³/mol. The number of rotatable bonds is 5. The third-order valence-corrected chi connectivity index (χ3v) is 2.91. The van der Waals surface area contributed by atoms with E-state index in [0.29, 0.717) is 11.5 Å². The first kappa shape index (κ1) is 14.1. The van der Waals surface area contributed by atoms with E-state index in [1.54, 1.807) is 6.07 Å². The summed E-state index contributed by atoms with van der Waals surface area (Å²) in [5, 5.41) is 5.19. The van der Waals surface area contributed by atoms with Crippen LogP contribution in [0.3, 0.4) is 0 Å². The van der Waals surface area contributed by atoms with Gasteiger partial charge in [-0.15, -0.1) is 0 Å². The van der Waals surface area contributed by atoms with Crippen LogP contribution in [0.25, 0.3) is 0 Å². The van der Waals surface area contributed by atoms with Gasteiger partial charge in [0.25, 0.3) is 0 Å². The van der Waals surface area contributed by atoms with Crippen molar-refractivity contribution < 1.29 is 19.1 Å². The minimum absolute atomic E-state index is 0.0923. The highest BCUT2D eigenvalue weighted by Gasteiger charge is 2.16. The quantitative estimate of drug-likeness (QED) is 0.684. The summed E-state index contributed by atoms with van der Waals surface area (Å²) in [7, 11) is 0. The molecule has 7 nitrogen and oxygen atoms in total. The Kier molecular flexibility index (Phi) is 4.41. The van der Waals surface area contributed by atoms with Crippen molar-refractivity contribution in [1.29, 1.82) is 0 Å². The lowest BCUT2D eigenvalue weighted by atomic mass is 10.1. The number of carbonyl (C=O) groups excluding carboxylic acids is 2. The van der Waals surface area contributed by atoms with Crippen LogP contribution in [0.5, 0.6) is 11.5 Å². The SMILES string of the molecule is CC(NC(=O)CNC(=O)CN)c1ccc2c(c1)OCO2. The van der Waals surface area contributed by atoms with Crippen LogP contribution in [0.2, 0.25) is 0 Å². The molecule has 1 unspecified atom stereocenters. The molecule has 1 aliphatic rings. The van der Waals surface area contributed by atoms with Crippen LogP contribution in [-0.2, 0) is 9.59 Å². The van der Waals surface area contributed by atoms with Crippen molar-refractivity contribution >= 4 is 11.8 Å². The van der Waals surface area contributed by atoms with E-state index in [-0.39, 0.29) is 37.7 Å². The van der Waals surface area contributed by atoms with E-state index in [9.17, 15) is 9.59 Å². The van der Waals surface area contributed by atoms with Gasteiger partial charge < -0.3 is 25.8 Å². The number of fused-ring (bicyclic) bond motifs is 1. The van der Waals surface area contributed by atoms with E-state index in [1.165, 1.54) is 0 Å². The molecule has 1 atom stereocenters. The number of nitrogens with two attached hydrogens (primary N) is 1. The summed E-state index contributed by atoms with van der Waals surface area (Å²) in [4.78, 5) is 22.6. The molecule has 2 rings (SSSR count). The third kappa shape index (κ3) is 3.39. The molecule has 0 fully saturated rings. The van der Waals surface area contributed by atoms with Gasteiger partial charge in [-0.05, 0) is 24.6 Å². The second-order valence-corrected chi connectivity index (χ2v) is 4.38. The maximum atomic E-state index is 11.7. The smallest absolute Gasteiger partial charge is 0.239 e. The van der Waals surface area contributed by atoms with Gasteiger partial charge in [0.2, 0.25) is 18.6 Å². The van der Waals surface area contributed by atoms with Gasteiger partial charge in [0.15, 0.2) is 11.5 Å². The molecule has 0 radical (unpaired) electrons. The minimum atomic E-state index is -0.365. The molecular formula is C13H17N3O4. The van der Waals surface area contributed by atoms with E-state index in [1.807, 2.05) is 19.1 Å². The predicted octanol–water partition coefficient (Wildman–Crippen LogP) is -0.333. The Morgan fingerprint density at radius 2 is 2.05 bits per heavy atom. The first-order valence-corrected chi connectivity index (χ1v) is 6.26. The number of amides is 2. The van der Waals surface area contributed by atoms with Gasteiger partial charge in [-0.1, -0.05) is 6.07 Å². The largest absolute Gasteiger partial charge is 0.454 e. The van der Waals surface area contributed by atoms with Crippen LogP contribution < -0.4 is 25.8 Å². The van der Waals surface area contributed by atoms with Crippen molar-refractivity contribution in [3.8, 4) is 11.5 Å². The average molecular weight is 279 g/mol. The minimum Gasteiger partial charge on any atom is -0.454 e. The molecule has 1 aromatic rings. The van der Waals surface area contributed by atoms with Gasteiger partial charge >= 0.3 is 0 Å². The fourth-order valence-corrected chi connectivity index (χ4v) is 1.81. The standard InChI is InChI=1S/C13H17N3O4/c1-8(16-13(18)6-15-12(17)5-14)9-2-3-10-11(4-9)20-7-19-10/h2-4,8H,5-7,14H2,1H3,(H,15,17)(H,16,18). The van der Waals surface area contributed by atoms with Crippen molar-refractivity contribution in [3.05, 3.63) is 23.8 Å². The van der Waals surface area contributed by atoms with Gasteiger partial charge in [0, 0.05) is 0 Å². The lowest BCUT2D eigenvalue weighted by molar-refractivity contribution is -0.125. The summed E-state index contributed by atoms with van der Waals surface area (Å²) >= 11 is 0. The summed E-state index contributed by atoms with van der Waals surface area (Å²) in [5.41, 5.74) is 6.03. The zero-order chi connectivity index (χ0) is 14.5. The molecule has 2 amide bonds. The fraction of sp³-hybridized carbons (Fsp3) is 0.385. The van der Waals surface area contributed by atoms with Gasteiger partial charge in [-0.2, -0.15) is 0 Å². The highest BCUT2D eigenvalue weighted by Crippen LogP contribution is 2.34. The van der Waals surface area contributed by atoms with Crippen LogP contribution in [0.1, 0.15) is 18.5 Å². The third-order valence-electron chi connectivity index (χ3n) is 2.91. The second kappa shape index (κ2) is 6.25. The number of hydrogen-bond acceptors (Lipinski definition) is 5. The summed E-state index contributed by atoms with van der Waals surface area (Å²) in [6.45, 7) is 1.83. The monoisotopic (exact) mass is 279 g/mol. The Hall–Kier alpha value is -2.28. The van der Waals surface area contributed by atoms with Crippen LogP contribution >= 0.6 is 0 Å². The Balaban J connectivity index is 1.89. The molecule has 4 N–H and O–H groups in total. The van der Waals surface area contributed by atoms with Gasteiger partial charge in [0.1, 0.15) is 0 Å². The summed E-state index contributed by atoms with van der Waals surface area (Å²) in [6.07, 6.45) is 0. The molecule has 0 spiro atoms. The van der Waals surface area contributed by atoms with E-state index < -0.39 is 0 Å². The van der Waals surface area contributed by atoms with Crippen molar-refractivity contribution in [2.75, 3.05) is 19.9 Å². The van der Waals surface area contributed by atoms with E-state index >= 15 is 0 Å². The highest BCUT2D eigenvalue weighted by atomic mass is 16.7. The normalized spacial score (nSPS) is 13.7. The van der Waals surface area contributed by atoms with E-state index in [4.69, 9.17) is 15.2 Å². The van der Waals surface area contributed by atoms with Crippen LogP contribution in [0, 0.1) is 0 Å². The number of benzene rings is 1. The first-order valence-electron chi connectivity index (χ1n) is 6.26. The topological polar surface area (TPSA) is 103 Å². The first-order chi connectivity index (χ1) is 9.60. The summed E-state index contributed by atoms with van der Waals surface area (Å²) in [5.74, 6) is 0.718. The van der Waals surface area contributed by atoms with E-state index in [2.05, 4.69) is 10.6 Å². The van der Waals surface area contributed by atoms with Crippen LogP contribution in [0.4, 0.5) is 0 Å². The number of hydrogen-bond donors (Lipinski definition) is 3. The average Bonchev–Trinajstić information content (AvgIpc) is 2.91. The second-order valence-electron chi connectivity index (χ2n) is 4.38. The van der Waals surface area contributed by atoms with Crippen molar-refractivity contribution in [3.63, 3.8) is 0 Å². The molecule has 1 aromatic carbocycles. The zero-order valence-corrected chi connectivity index (χ0v) is 11.1. The molecule has 0 bridgehead atoms. The van der Waals surface area contributed by atoms with Crippen molar-refractivity contribution in [2.45, 2.75) is 13.0 Å². The van der Waals surface area contributed by atoms with Gasteiger partial charge in [-0.3, -0.25) is 9.59 Å². The molecule has 0 saturated carbocycles. The Morgan fingerprint density at radius 1 is 1.30 bits per heavy atom.